The molecule has 0 aromatic rings. The van der Waals surface area contributed by atoms with E-state index in [1.165, 1.54) is 20.8 Å². The first-order valence-corrected chi connectivity index (χ1v) is 26.3. The number of amides is 1. The first-order valence-electron chi connectivity index (χ1n) is 26.3. The van der Waals surface area contributed by atoms with Gasteiger partial charge in [0, 0.05) is 19.3 Å². The summed E-state index contributed by atoms with van der Waals surface area (Å²) < 4.78 is 53.2. The van der Waals surface area contributed by atoms with Crippen LogP contribution < -0.4 is 5.32 Å². The number of rotatable bonds is 25. The topological polar surface area (TPSA) is 392 Å². The zero-order chi connectivity index (χ0) is 55.0. The molecule has 5 fully saturated rings. The van der Waals surface area contributed by atoms with Crippen molar-refractivity contribution in [1.29, 1.82) is 0 Å². The maximum Gasteiger partial charge on any atom is 0.223 e. The molecule has 0 aromatic carbocycles. The number of hydrogen-bond donors (Lipinski definition) is 14. The van der Waals surface area contributed by atoms with E-state index in [4.69, 9.17) is 42.6 Å². The van der Waals surface area contributed by atoms with E-state index in [2.05, 4.69) is 5.32 Å². The molecule has 1 amide bonds. The van der Waals surface area contributed by atoms with Crippen LogP contribution in [0.25, 0.3) is 0 Å². The number of carbonyl (C=O) groups is 2. The van der Waals surface area contributed by atoms with Crippen molar-refractivity contribution in [3.8, 4) is 0 Å². The summed E-state index contributed by atoms with van der Waals surface area (Å²) in [7, 11) is 0. The molecular weight excluding hydrogens is 987 g/mol. The van der Waals surface area contributed by atoms with E-state index in [9.17, 15) is 76.0 Å². The summed E-state index contributed by atoms with van der Waals surface area (Å²) in [4.78, 5) is 27.6. The number of ketones is 1. The summed E-state index contributed by atoms with van der Waals surface area (Å²) in [5.74, 6) is -1.72. The van der Waals surface area contributed by atoms with Gasteiger partial charge in [-0.15, -0.1) is 0 Å². The highest BCUT2D eigenvalue weighted by atomic mass is 16.8. The molecule has 0 saturated carbocycles. The van der Waals surface area contributed by atoms with Crippen LogP contribution >= 0.6 is 0 Å². The highest BCUT2D eigenvalue weighted by Crippen LogP contribution is 2.36. The minimum Gasteiger partial charge on any atom is -0.394 e. The first kappa shape index (κ1) is 63.1. The van der Waals surface area contributed by atoms with E-state index in [-0.39, 0.29) is 43.3 Å². The summed E-state index contributed by atoms with van der Waals surface area (Å²) in [5.41, 5.74) is 0. The van der Waals surface area contributed by atoms with E-state index in [0.29, 0.717) is 19.3 Å². The Balaban J connectivity index is 1.27. The second kappa shape index (κ2) is 28.4. The van der Waals surface area contributed by atoms with Crippen LogP contribution in [0.3, 0.4) is 0 Å². The maximum atomic E-state index is 14.0. The van der Waals surface area contributed by atoms with Crippen LogP contribution in [0.1, 0.15) is 107 Å². The van der Waals surface area contributed by atoms with Crippen molar-refractivity contribution >= 4 is 11.7 Å². The molecule has 29 atom stereocenters. The van der Waals surface area contributed by atoms with Gasteiger partial charge in [-0.2, -0.15) is 0 Å². The molecule has 5 aliphatic heterocycles. The van der Waals surface area contributed by atoms with Crippen molar-refractivity contribution in [2.75, 3.05) is 13.2 Å². The Morgan fingerprint density at radius 3 is 1.73 bits per heavy atom. The van der Waals surface area contributed by atoms with Crippen molar-refractivity contribution in [2.45, 2.75) is 266 Å². The minimum absolute atomic E-state index is 0.00923. The zero-order valence-electron chi connectivity index (χ0n) is 43.6. The van der Waals surface area contributed by atoms with Crippen LogP contribution in [-0.2, 0) is 52.2 Å². The molecule has 0 aliphatic carbocycles. The van der Waals surface area contributed by atoms with Crippen LogP contribution in [0.15, 0.2) is 0 Å². The predicted molar refractivity (Wildman–Crippen MR) is 253 cm³/mol. The number of ether oxygens (including phenoxy) is 9. The predicted octanol–water partition coefficient (Wildman–Crippen LogP) is -3.67. The van der Waals surface area contributed by atoms with Crippen LogP contribution in [0.5, 0.6) is 0 Å². The molecule has 432 valence electrons. The van der Waals surface area contributed by atoms with Crippen molar-refractivity contribution < 1.29 is 119 Å². The summed E-state index contributed by atoms with van der Waals surface area (Å²) in [5, 5.41) is 142. The fraction of sp³-hybridized carbons (Fsp3) is 0.959. The second-order valence-corrected chi connectivity index (χ2v) is 21.1. The van der Waals surface area contributed by atoms with Gasteiger partial charge < -0.3 is 114 Å². The smallest absolute Gasteiger partial charge is 0.223 e. The molecule has 5 saturated heterocycles. The molecule has 5 heterocycles. The monoisotopic (exact) mass is 1070 g/mol. The molecule has 0 bridgehead atoms. The average molecular weight is 1070 g/mol. The summed E-state index contributed by atoms with van der Waals surface area (Å²) in [6, 6.07) is -1.39. The molecule has 0 radical (unpaired) electrons. The van der Waals surface area contributed by atoms with Gasteiger partial charge in [-0.05, 0) is 51.4 Å². The standard InChI is InChI=1S/C49H87NO24/c1-9-19(4)24(12-25(52)14-27(54)15-30(20(5)10-2)71-49-40(63)36(59)29(11-3)70-49)13-26(53)16-32(56)50-33-31(17-51)67-23(8)44(45(33)74-47-41(64)37(60)34(57)21(6)68-47)73-48-42(65)38(61)43(22(7)69-48)72-46-39(62)35(58)28(55)18-66-46/h19-24,26-31,33-49,51,53-55,57-65H,9-18H2,1-8H3,(H,50,56)/t19-,20-,21?,22?,23+,24+,26+,27-,28-,29+,30+,31?,33+,34+,35?,36?,37+,38?,39-,40+,41?,42+,43+,44+,45?,46+,47+,48+,49+/m1/s1. The van der Waals surface area contributed by atoms with E-state index in [1.807, 2.05) is 34.6 Å². The summed E-state index contributed by atoms with van der Waals surface area (Å²) >= 11 is 0. The number of hydrogen-bond acceptors (Lipinski definition) is 24. The minimum atomic E-state index is -1.90. The Kier molecular flexibility index (Phi) is 24.2. The van der Waals surface area contributed by atoms with Crippen LogP contribution in [0.4, 0.5) is 0 Å². The first-order chi connectivity index (χ1) is 34.8. The fourth-order valence-electron chi connectivity index (χ4n) is 10.4. The van der Waals surface area contributed by atoms with Crippen molar-refractivity contribution in [2.24, 2.45) is 17.8 Å². The average Bonchev–Trinajstić information content (AvgIpc) is 3.63. The van der Waals surface area contributed by atoms with Gasteiger partial charge in [0.1, 0.15) is 91.2 Å². The Morgan fingerprint density at radius 1 is 0.568 bits per heavy atom. The fourth-order valence-corrected chi connectivity index (χ4v) is 10.4. The molecule has 74 heavy (non-hydrogen) atoms. The van der Waals surface area contributed by atoms with Gasteiger partial charge in [-0.1, -0.05) is 47.5 Å². The maximum absolute atomic E-state index is 14.0. The van der Waals surface area contributed by atoms with Gasteiger partial charge in [0.2, 0.25) is 5.91 Å². The van der Waals surface area contributed by atoms with E-state index < -0.39 is 191 Å². The van der Waals surface area contributed by atoms with Gasteiger partial charge in [0.05, 0.1) is 68.4 Å². The van der Waals surface area contributed by atoms with Crippen LogP contribution in [0, 0.1) is 17.8 Å². The molecule has 0 aromatic heterocycles. The molecule has 14 N–H and O–H groups in total. The van der Waals surface area contributed by atoms with Gasteiger partial charge in [0.15, 0.2) is 25.2 Å². The molecule has 5 aliphatic rings. The number of aliphatic hydroxyl groups is 13. The Morgan fingerprint density at radius 2 is 1.12 bits per heavy atom. The van der Waals surface area contributed by atoms with Gasteiger partial charge in [-0.25, -0.2) is 0 Å². The van der Waals surface area contributed by atoms with Crippen LogP contribution in [0.2, 0.25) is 0 Å². The Labute approximate surface area is 431 Å². The lowest BCUT2D eigenvalue weighted by Crippen LogP contribution is -2.69. The van der Waals surface area contributed by atoms with Crippen molar-refractivity contribution in [3.05, 3.63) is 0 Å². The van der Waals surface area contributed by atoms with E-state index >= 15 is 0 Å². The van der Waals surface area contributed by atoms with Crippen molar-refractivity contribution in [3.63, 3.8) is 0 Å². The third kappa shape index (κ3) is 15.5. The van der Waals surface area contributed by atoms with Gasteiger partial charge in [0.25, 0.3) is 0 Å². The number of Topliss-reactive ketones (excluding diaryl/α,β-unsaturated/α-hetero) is 1. The summed E-state index contributed by atoms with van der Waals surface area (Å²) in [6.45, 7) is 12.7. The normalized spacial score (nSPS) is 43.5. The largest absolute Gasteiger partial charge is 0.394 e. The lowest BCUT2D eigenvalue weighted by atomic mass is 9.81. The Bertz CT molecular complexity index is 1710. The zero-order valence-corrected chi connectivity index (χ0v) is 43.6. The molecule has 25 heteroatoms. The SMILES string of the molecule is CC[C@@H]1O[C@@H](O[C@@H](C[C@H](O)CC(=O)C[C@@H](C[C@H](O)CC(=O)N[C@H]2C(CO)O[C@@H](C)[C@H](O[C@@H]3OC(C)[C@H](O[C@@H]4OC[C@@H](O)C(O)[C@H]4O)C(O)[C@@H]3O)C2O[C@@H]2OC(C)[C@H](O)[C@H](O)C2O)[C@H](C)CC)[C@H](C)CC)[C@@H](O)C1O. The molecule has 0 spiro atoms. The van der Waals surface area contributed by atoms with Gasteiger partial charge >= 0.3 is 0 Å². The molecule has 25 nitrogen and oxygen atoms in total. The molecule has 5 rings (SSSR count). The lowest BCUT2D eigenvalue weighted by Gasteiger charge is -2.50. The second-order valence-electron chi connectivity index (χ2n) is 21.1. The molecule has 8 unspecified atom stereocenters. The number of aliphatic hydroxyl groups excluding tert-OH is 13. The van der Waals surface area contributed by atoms with Crippen LogP contribution in [-0.4, -0.2) is 251 Å². The quantitative estimate of drug-likeness (QED) is 0.0419. The number of nitrogens with one attached hydrogen (secondary N) is 1. The highest BCUT2D eigenvalue weighted by Gasteiger charge is 2.55. The van der Waals surface area contributed by atoms with Gasteiger partial charge in [-0.3, -0.25) is 9.59 Å². The Hall–Kier alpha value is -1.74. The third-order valence-electron chi connectivity index (χ3n) is 15.6. The molecular formula is C49H87NO24. The number of carbonyl (C=O) groups excluding carboxylic acids is 2. The van der Waals surface area contributed by atoms with E-state index in [1.54, 1.807) is 0 Å². The third-order valence-corrected chi connectivity index (χ3v) is 15.6. The lowest BCUT2D eigenvalue weighted by molar-refractivity contribution is -0.370. The van der Waals surface area contributed by atoms with E-state index in [0.717, 1.165) is 0 Å². The highest BCUT2D eigenvalue weighted by molar-refractivity contribution is 5.79. The van der Waals surface area contributed by atoms with Crippen molar-refractivity contribution in [1.82, 2.24) is 5.32 Å². The summed E-state index contributed by atoms with van der Waals surface area (Å²) in [6.07, 6.45) is -33.6.